The number of hydrogen-bond acceptors (Lipinski definition) is 5. The van der Waals surface area contributed by atoms with Gasteiger partial charge in [-0.1, -0.05) is 6.92 Å². The molecule has 0 aliphatic rings. The maximum atomic E-state index is 9.91. The van der Waals surface area contributed by atoms with Gasteiger partial charge in [-0.15, -0.1) is 0 Å². The molecule has 1 rings (SSSR count). The predicted octanol–water partition coefficient (Wildman–Crippen LogP) is 0.927. The van der Waals surface area contributed by atoms with E-state index in [1.165, 1.54) is 5.56 Å². The average molecular weight is 268 g/mol. The zero-order valence-corrected chi connectivity index (χ0v) is 11.8. The molecule has 0 aliphatic heterocycles. The second kappa shape index (κ2) is 9.86. The maximum Gasteiger partial charge on any atom is 0.0900 e. The van der Waals surface area contributed by atoms with Gasteiger partial charge >= 0.3 is 0 Å². The van der Waals surface area contributed by atoms with Crippen LogP contribution in [0.4, 0.5) is 0 Å². The van der Waals surface area contributed by atoms with E-state index in [0.29, 0.717) is 26.4 Å². The minimum Gasteiger partial charge on any atom is -0.389 e. The van der Waals surface area contributed by atoms with Crippen molar-refractivity contribution in [1.82, 2.24) is 9.88 Å². The maximum absolute atomic E-state index is 9.91. The van der Waals surface area contributed by atoms with Gasteiger partial charge in [0.1, 0.15) is 0 Å². The molecular weight excluding hydrogens is 244 g/mol. The third kappa shape index (κ3) is 7.22. The van der Waals surface area contributed by atoms with Crippen LogP contribution in [-0.2, 0) is 16.0 Å². The molecule has 1 aromatic heterocycles. The van der Waals surface area contributed by atoms with E-state index >= 15 is 0 Å². The highest BCUT2D eigenvalue weighted by Crippen LogP contribution is 2.04. The standard InChI is InChI=1S/C14H24N2O3/c1-3-16(10-13-4-6-15-7-5-13)11-14(17)12-19-9-8-18-2/h4-7,14,17H,3,8-12H2,1-2H3. The number of pyridine rings is 1. The number of nitrogens with zero attached hydrogens (tertiary/aromatic N) is 2. The van der Waals surface area contributed by atoms with Gasteiger partial charge in [0.25, 0.3) is 0 Å². The van der Waals surface area contributed by atoms with Crippen molar-refractivity contribution in [1.29, 1.82) is 0 Å². The van der Waals surface area contributed by atoms with Crippen molar-refractivity contribution in [2.75, 3.05) is 40.0 Å². The van der Waals surface area contributed by atoms with Crippen LogP contribution in [-0.4, -0.2) is 61.1 Å². The van der Waals surface area contributed by atoms with Crippen molar-refractivity contribution >= 4 is 0 Å². The molecule has 0 saturated heterocycles. The zero-order valence-electron chi connectivity index (χ0n) is 11.8. The van der Waals surface area contributed by atoms with Crippen LogP contribution in [0, 0.1) is 0 Å². The quantitative estimate of drug-likeness (QED) is 0.640. The third-order valence-electron chi connectivity index (χ3n) is 2.81. The Morgan fingerprint density at radius 1 is 1.32 bits per heavy atom. The molecule has 0 spiro atoms. The fourth-order valence-corrected chi connectivity index (χ4v) is 1.76. The van der Waals surface area contributed by atoms with E-state index < -0.39 is 6.10 Å². The van der Waals surface area contributed by atoms with E-state index in [1.807, 2.05) is 12.1 Å². The fraction of sp³-hybridized carbons (Fsp3) is 0.643. The highest BCUT2D eigenvalue weighted by atomic mass is 16.5. The molecule has 0 aliphatic carbocycles. The van der Waals surface area contributed by atoms with Crippen molar-refractivity contribution in [2.45, 2.75) is 19.6 Å². The highest BCUT2D eigenvalue weighted by Gasteiger charge is 2.11. The van der Waals surface area contributed by atoms with Crippen LogP contribution in [0.2, 0.25) is 0 Å². The fourth-order valence-electron chi connectivity index (χ4n) is 1.76. The summed E-state index contributed by atoms with van der Waals surface area (Å²) in [5.74, 6) is 0. The summed E-state index contributed by atoms with van der Waals surface area (Å²) in [6.07, 6.45) is 3.10. The lowest BCUT2D eigenvalue weighted by molar-refractivity contribution is -0.000916. The normalized spacial score (nSPS) is 12.8. The number of aliphatic hydroxyl groups excluding tert-OH is 1. The summed E-state index contributed by atoms with van der Waals surface area (Å²) < 4.78 is 10.2. The molecule has 0 bridgehead atoms. The summed E-state index contributed by atoms with van der Waals surface area (Å²) in [6, 6.07) is 3.98. The van der Waals surface area contributed by atoms with Crippen molar-refractivity contribution in [2.24, 2.45) is 0 Å². The van der Waals surface area contributed by atoms with E-state index in [4.69, 9.17) is 9.47 Å². The molecule has 1 atom stereocenters. The van der Waals surface area contributed by atoms with Crippen LogP contribution < -0.4 is 0 Å². The third-order valence-corrected chi connectivity index (χ3v) is 2.81. The summed E-state index contributed by atoms with van der Waals surface area (Å²) in [7, 11) is 1.63. The van der Waals surface area contributed by atoms with E-state index in [9.17, 15) is 5.11 Å². The molecule has 108 valence electrons. The van der Waals surface area contributed by atoms with E-state index in [-0.39, 0.29) is 0 Å². The zero-order chi connectivity index (χ0) is 13.9. The Balaban J connectivity index is 2.27. The first-order valence-corrected chi connectivity index (χ1v) is 6.62. The number of ether oxygens (including phenoxy) is 2. The molecule has 0 aromatic carbocycles. The van der Waals surface area contributed by atoms with Crippen LogP contribution in [0.15, 0.2) is 24.5 Å². The first-order chi connectivity index (χ1) is 9.26. The molecule has 1 unspecified atom stereocenters. The van der Waals surface area contributed by atoms with Crippen molar-refractivity contribution < 1.29 is 14.6 Å². The van der Waals surface area contributed by atoms with Gasteiger partial charge in [0.2, 0.25) is 0 Å². The molecule has 0 radical (unpaired) electrons. The number of rotatable bonds is 10. The summed E-state index contributed by atoms with van der Waals surface area (Å²) >= 11 is 0. The SMILES string of the molecule is CCN(Cc1ccncc1)CC(O)COCCOC. The molecule has 5 heteroatoms. The van der Waals surface area contributed by atoms with Gasteiger partial charge in [-0.3, -0.25) is 9.88 Å². The van der Waals surface area contributed by atoms with Crippen LogP contribution >= 0.6 is 0 Å². The molecule has 5 nitrogen and oxygen atoms in total. The summed E-state index contributed by atoms with van der Waals surface area (Å²) in [4.78, 5) is 6.18. The van der Waals surface area contributed by atoms with Gasteiger partial charge in [0.15, 0.2) is 0 Å². The highest BCUT2D eigenvalue weighted by molar-refractivity contribution is 5.09. The second-order valence-electron chi connectivity index (χ2n) is 4.40. The largest absolute Gasteiger partial charge is 0.389 e. The monoisotopic (exact) mass is 268 g/mol. The number of hydrogen-bond donors (Lipinski definition) is 1. The minimum absolute atomic E-state index is 0.343. The Kier molecular flexibility index (Phi) is 8.33. The Labute approximate surface area is 115 Å². The number of likely N-dealkylation sites (N-methyl/N-ethyl adjacent to an activating group) is 1. The predicted molar refractivity (Wildman–Crippen MR) is 73.9 cm³/mol. The first kappa shape index (κ1) is 16.0. The van der Waals surface area contributed by atoms with E-state index in [1.54, 1.807) is 19.5 Å². The van der Waals surface area contributed by atoms with E-state index in [0.717, 1.165) is 13.1 Å². The van der Waals surface area contributed by atoms with Crippen molar-refractivity contribution in [3.8, 4) is 0 Å². The lowest BCUT2D eigenvalue weighted by Crippen LogP contribution is -2.34. The summed E-state index contributed by atoms with van der Waals surface area (Å²) in [6.45, 7) is 5.80. The second-order valence-corrected chi connectivity index (χ2v) is 4.40. The smallest absolute Gasteiger partial charge is 0.0900 e. The lowest BCUT2D eigenvalue weighted by atomic mass is 10.2. The molecular formula is C14H24N2O3. The molecule has 1 heterocycles. The Hall–Kier alpha value is -1.01. The van der Waals surface area contributed by atoms with Crippen LogP contribution in [0.25, 0.3) is 0 Å². The van der Waals surface area contributed by atoms with Gasteiger partial charge < -0.3 is 14.6 Å². The van der Waals surface area contributed by atoms with Crippen LogP contribution in [0.5, 0.6) is 0 Å². The molecule has 0 fully saturated rings. The summed E-state index contributed by atoms with van der Waals surface area (Å²) in [5, 5.41) is 9.91. The molecule has 0 saturated carbocycles. The topological polar surface area (TPSA) is 54.8 Å². The van der Waals surface area contributed by atoms with Gasteiger partial charge in [-0.2, -0.15) is 0 Å². The van der Waals surface area contributed by atoms with Crippen molar-refractivity contribution in [3.63, 3.8) is 0 Å². The number of aliphatic hydroxyl groups is 1. The Morgan fingerprint density at radius 2 is 2.05 bits per heavy atom. The average Bonchev–Trinajstić information content (AvgIpc) is 2.44. The molecule has 1 aromatic rings. The van der Waals surface area contributed by atoms with Gasteiger partial charge in [-0.05, 0) is 24.2 Å². The number of aromatic nitrogens is 1. The lowest BCUT2D eigenvalue weighted by Gasteiger charge is -2.23. The summed E-state index contributed by atoms with van der Waals surface area (Å²) in [5.41, 5.74) is 1.20. The molecule has 0 amide bonds. The molecule has 1 N–H and O–H groups in total. The Bertz CT molecular complexity index is 322. The number of methoxy groups -OCH3 is 1. The molecule has 19 heavy (non-hydrogen) atoms. The Morgan fingerprint density at radius 3 is 2.68 bits per heavy atom. The van der Waals surface area contributed by atoms with Gasteiger partial charge in [0.05, 0.1) is 25.9 Å². The van der Waals surface area contributed by atoms with Gasteiger partial charge in [0, 0.05) is 32.6 Å². The van der Waals surface area contributed by atoms with Crippen molar-refractivity contribution in [3.05, 3.63) is 30.1 Å². The van der Waals surface area contributed by atoms with Gasteiger partial charge in [-0.25, -0.2) is 0 Å². The van der Waals surface area contributed by atoms with Crippen LogP contribution in [0.3, 0.4) is 0 Å². The first-order valence-electron chi connectivity index (χ1n) is 6.62. The van der Waals surface area contributed by atoms with Crippen LogP contribution in [0.1, 0.15) is 12.5 Å². The minimum atomic E-state index is -0.473. The van der Waals surface area contributed by atoms with E-state index in [2.05, 4.69) is 16.8 Å².